The van der Waals surface area contributed by atoms with Crippen LogP contribution in [0.1, 0.15) is 284 Å². The molecule has 0 heterocycles. The summed E-state index contributed by atoms with van der Waals surface area (Å²) in [6.07, 6.45) is 107. The number of hydrogen-bond acceptors (Lipinski definition) is 8. The molecule has 522 valence electrons. The number of ether oxygens (including phenoxy) is 2. The van der Waals surface area contributed by atoms with Gasteiger partial charge >= 0.3 is 11.9 Å². The number of allylic oxidation sites excluding steroid dienone is 28. The van der Waals surface area contributed by atoms with Crippen molar-refractivity contribution in [3.05, 3.63) is 170 Å². The third-order valence-corrected chi connectivity index (χ3v) is 16.2. The van der Waals surface area contributed by atoms with Crippen LogP contribution < -0.4 is 4.89 Å². The first-order chi connectivity index (χ1) is 45.0. The fourth-order valence-corrected chi connectivity index (χ4v) is 10.4. The first-order valence-corrected chi connectivity index (χ1v) is 38.3. The van der Waals surface area contributed by atoms with Crippen LogP contribution in [0, 0.1) is 0 Å². The van der Waals surface area contributed by atoms with E-state index in [-0.39, 0.29) is 26.1 Å². The van der Waals surface area contributed by atoms with E-state index in [9.17, 15) is 19.0 Å². The molecule has 0 N–H and O–H groups in total. The number of quaternary nitrogens is 1. The average molecular weight is 1290 g/mol. The van der Waals surface area contributed by atoms with Gasteiger partial charge in [0.05, 0.1) is 27.7 Å². The second kappa shape index (κ2) is 70.7. The van der Waals surface area contributed by atoms with Crippen LogP contribution in [0.2, 0.25) is 0 Å². The zero-order valence-electron chi connectivity index (χ0n) is 59.4. The predicted octanol–water partition coefficient (Wildman–Crippen LogP) is 23.9. The molecule has 0 aliphatic rings. The molecule has 0 aromatic rings. The van der Waals surface area contributed by atoms with Crippen molar-refractivity contribution in [1.29, 1.82) is 0 Å². The molecule has 0 aromatic heterocycles. The lowest BCUT2D eigenvalue weighted by Gasteiger charge is -2.28. The van der Waals surface area contributed by atoms with Crippen molar-refractivity contribution >= 4 is 19.8 Å². The van der Waals surface area contributed by atoms with Gasteiger partial charge in [0.2, 0.25) is 0 Å². The number of rotatable bonds is 66. The second-order valence-electron chi connectivity index (χ2n) is 25.2. The molecule has 0 saturated carbocycles. The Morgan fingerprint density at radius 2 is 0.587 bits per heavy atom. The van der Waals surface area contributed by atoms with E-state index in [2.05, 4.69) is 184 Å². The van der Waals surface area contributed by atoms with Gasteiger partial charge in [0.15, 0.2) is 6.10 Å². The SMILES string of the molecule is CC/C=C\C/C=C\C/C=C\C/C=C\C/C=C\C/C=C\C/C=C\C/C=C\CCCCCCC(=O)OC(COC(=O)CCCCCCCCCCCCCCCCCCCCCC/C=C\C/C=C\C/C=C\C/C=C\C/C=C\C/C=C\CC)COP(=O)([O-])OCC[N+](C)(C)C. The summed E-state index contributed by atoms with van der Waals surface area (Å²) in [7, 11) is 1.13. The van der Waals surface area contributed by atoms with Gasteiger partial charge < -0.3 is 27.9 Å². The Bertz CT molecular complexity index is 2160. The molecule has 2 unspecified atom stereocenters. The quantitative estimate of drug-likeness (QED) is 0.0195. The number of phosphoric ester groups is 1. The molecule has 92 heavy (non-hydrogen) atoms. The standard InChI is InChI=1S/C82H136NO8P/c1-6-8-10-12-14-16-18-20-22-24-26-28-30-32-34-36-37-38-39-40-41-42-43-44-45-47-48-50-52-54-56-58-60-62-64-66-68-70-72-74-81(84)88-78-80(79-90-92(86,87)89-77-76-83(3,4)5)91-82(85)75-73-71-69-67-65-63-61-59-57-55-53-51-49-46-35-33-31-29-27-25-23-21-19-17-15-13-11-9-7-2/h8-11,14-17,20-23,26-29,32-35,37-38,49,51,55,57,61,63,80H,6-7,12-13,18-19,24-25,30-31,36,39-48,50,52-54,56,58-60,62,64-79H2,1-5H3/b10-8-,11-9-,16-14-,17-15-,22-20-,23-21-,28-26-,29-27-,34-32-,35-33-,38-37-,51-49-,57-55-,63-61-. The van der Waals surface area contributed by atoms with E-state index < -0.39 is 32.5 Å². The maximum atomic E-state index is 12.9. The summed E-state index contributed by atoms with van der Waals surface area (Å²) in [5.41, 5.74) is 0. The molecule has 0 radical (unpaired) electrons. The highest BCUT2D eigenvalue weighted by Gasteiger charge is 2.22. The minimum atomic E-state index is -4.66. The average Bonchev–Trinajstić information content (AvgIpc) is 2.14. The first kappa shape index (κ1) is 87.4. The minimum Gasteiger partial charge on any atom is -0.756 e. The van der Waals surface area contributed by atoms with E-state index in [1.54, 1.807) is 0 Å². The van der Waals surface area contributed by atoms with Crippen molar-refractivity contribution in [1.82, 2.24) is 0 Å². The van der Waals surface area contributed by atoms with E-state index in [4.69, 9.17) is 18.5 Å². The van der Waals surface area contributed by atoms with Crippen LogP contribution >= 0.6 is 7.82 Å². The fraction of sp³-hybridized carbons (Fsp3) is 0.634. The third-order valence-electron chi connectivity index (χ3n) is 15.2. The van der Waals surface area contributed by atoms with Crippen LogP contribution in [0.25, 0.3) is 0 Å². The Balaban J connectivity index is 4.07. The van der Waals surface area contributed by atoms with Gasteiger partial charge in [-0.3, -0.25) is 14.2 Å². The molecule has 2 atom stereocenters. The highest BCUT2D eigenvalue weighted by Crippen LogP contribution is 2.38. The number of nitrogens with zero attached hydrogens (tertiary/aromatic N) is 1. The summed E-state index contributed by atoms with van der Waals surface area (Å²) in [5, 5.41) is 0. The molecule has 0 saturated heterocycles. The first-order valence-electron chi connectivity index (χ1n) is 36.8. The third kappa shape index (κ3) is 74.4. The molecule has 0 amide bonds. The van der Waals surface area contributed by atoms with E-state index in [0.29, 0.717) is 17.4 Å². The summed E-state index contributed by atoms with van der Waals surface area (Å²) < 4.78 is 34.3. The zero-order chi connectivity index (χ0) is 66.9. The maximum absolute atomic E-state index is 12.9. The lowest BCUT2D eigenvalue weighted by atomic mass is 10.0. The largest absolute Gasteiger partial charge is 0.756 e. The Morgan fingerprint density at radius 3 is 0.870 bits per heavy atom. The van der Waals surface area contributed by atoms with Crippen LogP contribution in [-0.2, 0) is 32.7 Å². The topological polar surface area (TPSA) is 111 Å². The molecule has 0 bridgehead atoms. The highest BCUT2D eigenvalue weighted by molar-refractivity contribution is 7.45. The summed E-state index contributed by atoms with van der Waals surface area (Å²) in [5.74, 6) is -0.865. The van der Waals surface area contributed by atoms with E-state index >= 15 is 0 Å². The van der Waals surface area contributed by atoms with Crippen molar-refractivity contribution in [3.8, 4) is 0 Å². The number of hydrogen-bond donors (Lipinski definition) is 0. The molecule has 0 aliphatic heterocycles. The monoisotopic (exact) mass is 1290 g/mol. The summed E-state index contributed by atoms with van der Waals surface area (Å²) in [4.78, 5) is 38.1. The van der Waals surface area contributed by atoms with Crippen molar-refractivity contribution in [2.75, 3.05) is 47.5 Å². The van der Waals surface area contributed by atoms with Crippen molar-refractivity contribution in [2.45, 2.75) is 290 Å². The van der Waals surface area contributed by atoms with Crippen molar-refractivity contribution in [3.63, 3.8) is 0 Å². The zero-order valence-corrected chi connectivity index (χ0v) is 60.3. The summed E-state index contributed by atoms with van der Waals surface area (Å²) in [6, 6.07) is 0. The maximum Gasteiger partial charge on any atom is 0.306 e. The lowest BCUT2D eigenvalue weighted by Crippen LogP contribution is -2.37. The van der Waals surface area contributed by atoms with Crippen LogP contribution in [0.3, 0.4) is 0 Å². The van der Waals surface area contributed by atoms with Gasteiger partial charge in [-0.25, -0.2) is 0 Å². The van der Waals surface area contributed by atoms with E-state index in [0.717, 1.165) is 135 Å². The van der Waals surface area contributed by atoms with Crippen LogP contribution in [-0.4, -0.2) is 70.0 Å². The molecular formula is C82H136NO8P. The Hall–Kier alpha value is -4.63. The summed E-state index contributed by atoms with van der Waals surface area (Å²) in [6.45, 7) is 3.98. The molecule has 0 aromatic carbocycles. The lowest BCUT2D eigenvalue weighted by molar-refractivity contribution is -0.870. The molecule has 0 rings (SSSR count). The van der Waals surface area contributed by atoms with Gasteiger partial charge in [-0.1, -0.05) is 312 Å². The number of carbonyl (C=O) groups is 2. The summed E-state index contributed by atoms with van der Waals surface area (Å²) >= 11 is 0. The predicted molar refractivity (Wildman–Crippen MR) is 396 cm³/mol. The number of likely N-dealkylation sites (N-methyl/N-ethyl adjacent to an activating group) is 1. The van der Waals surface area contributed by atoms with Gasteiger partial charge in [0.25, 0.3) is 7.82 Å². The normalized spacial score (nSPS) is 14.1. The number of unbranched alkanes of at least 4 members (excludes halogenated alkanes) is 24. The molecule has 0 spiro atoms. The molecule has 10 heteroatoms. The van der Waals surface area contributed by atoms with Crippen LogP contribution in [0.4, 0.5) is 0 Å². The molecule has 0 aliphatic carbocycles. The Morgan fingerprint density at radius 1 is 0.337 bits per heavy atom. The number of carbonyl (C=O) groups excluding carboxylic acids is 2. The van der Waals surface area contributed by atoms with Crippen molar-refractivity contribution in [2.24, 2.45) is 0 Å². The highest BCUT2D eigenvalue weighted by atomic mass is 31.2. The smallest absolute Gasteiger partial charge is 0.306 e. The van der Waals surface area contributed by atoms with Gasteiger partial charge in [-0.15, -0.1) is 0 Å². The molecule has 9 nitrogen and oxygen atoms in total. The van der Waals surface area contributed by atoms with E-state index in [1.807, 2.05) is 21.1 Å². The van der Waals surface area contributed by atoms with Crippen LogP contribution in [0.15, 0.2) is 170 Å². The number of esters is 2. The van der Waals surface area contributed by atoms with Gasteiger partial charge in [-0.2, -0.15) is 0 Å². The van der Waals surface area contributed by atoms with Crippen molar-refractivity contribution < 1.29 is 42.1 Å². The second-order valence-corrected chi connectivity index (χ2v) is 26.6. The van der Waals surface area contributed by atoms with Gasteiger partial charge in [-0.05, 0) is 128 Å². The van der Waals surface area contributed by atoms with Gasteiger partial charge in [0.1, 0.15) is 19.8 Å². The number of phosphoric acid groups is 1. The molecule has 0 fully saturated rings. The van der Waals surface area contributed by atoms with Crippen LogP contribution in [0.5, 0.6) is 0 Å². The fourth-order valence-electron chi connectivity index (χ4n) is 9.68. The Kier molecular flexibility index (Phi) is 67.1. The van der Waals surface area contributed by atoms with Gasteiger partial charge in [0, 0.05) is 12.8 Å². The van der Waals surface area contributed by atoms with E-state index in [1.165, 1.54) is 116 Å². The Labute approximate surface area is 566 Å². The molecular weight excluding hydrogens is 1160 g/mol. The minimum absolute atomic E-state index is 0.0435.